The largest absolute Gasteiger partial charge is 0.308 e. The normalized spacial score (nSPS) is 12.6. The van der Waals surface area contributed by atoms with Crippen molar-refractivity contribution >= 4 is 15.9 Å². The van der Waals surface area contributed by atoms with E-state index in [4.69, 9.17) is 0 Å². The molecule has 0 aliphatic heterocycles. The lowest BCUT2D eigenvalue weighted by Gasteiger charge is -2.14. The SMILES string of the molecule is CCn1nccc1CNC(C)Cc1ccc(Br)cc1. The number of nitrogens with zero attached hydrogens (tertiary/aromatic N) is 2. The van der Waals surface area contributed by atoms with Gasteiger partial charge in [-0.1, -0.05) is 28.1 Å². The van der Waals surface area contributed by atoms with Gasteiger partial charge in [-0.05, 0) is 44.0 Å². The van der Waals surface area contributed by atoms with Gasteiger partial charge in [0.05, 0.1) is 5.69 Å². The molecule has 1 N–H and O–H groups in total. The van der Waals surface area contributed by atoms with Crippen molar-refractivity contribution in [2.75, 3.05) is 0 Å². The zero-order chi connectivity index (χ0) is 13.7. The highest BCUT2D eigenvalue weighted by atomic mass is 79.9. The van der Waals surface area contributed by atoms with Crippen LogP contribution in [0.15, 0.2) is 41.0 Å². The molecule has 3 nitrogen and oxygen atoms in total. The summed E-state index contributed by atoms with van der Waals surface area (Å²) >= 11 is 3.46. The first kappa shape index (κ1) is 14.3. The fourth-order valence-electron chi connectivity index (χ4n) is 2.12. The summed E-state index contributed by atoms with van der Waals surface area (Å²) in [6.07, 6.45) is 2.90. The second kappa shape index (κ2) is 6.87. The summed E-state index contributed by atoms with van der Waals surface area (Å²) in [6.45, 7) is 6.12. The maximum atomic E-state index is 4.28. The Morgan fingerprint density at radius 3 is 2.68 bits per heavy atom. The number of nitrogens with one attached hydrogen (secondary N) is 1. The van der Waals surface area contributed by atoms with E-state index in [0.29, 0.717) is 6.04 Å². The molecule has 102 valence electrons. The maximum absolute atomic E-state index is 4.28. The minimum atomic E-state index is 0.446. The third-order valence-corrected chi connectivity index (χ3v) is 3.72. The van der Waals surface area contributed by atoms with Crippen LogP contribution in [-0.4, -0.2) is 15.8 Å². The molecule has 1 aromatic heterocycles. The second-order valence-corrected chi connectivity index (χ2v) is 5.67. The van der Waals surface area contributed by atoms with Gasteiger partial charge in [-0.3, -0.25) is 4.68 Å². The number of hydrogen-bond acceptors (Lipinski definition) is 2. The van der Waals surface area contributed by atoms with Gasteiger partial charge in [0.1, 0.15) is 0 Å². The smallest absolute Gasteiger partial charge is 0.0522 e. The van der Waals surface area contributed by atoms with E-state index in [0.717, 1.165) is 24.0 Å². The lowest BCUT2D eigenvalue weighted by molar-refractivity contribution is 0.514. The molecule has 0 radical (unpaired) electrons. The summed E-state index contributed by atoms with van der Waals surface area (Å²) in [4.78, 5) is 0. The summed E-state index contributed by atoms with van der Waals surface area (Å²) in [5.74, 6) is 0. The molecule has 1 atom stereocenters. The van der Waals surface area contributed by atoms with Crippen LogP contribution in [0.3, 0.4) is 0 Å². The standard InChI is InChI=1S/C15H20BrN3/c1-3-19-15(8-9-18-19)11-17-12(2)10-13-4-6-14(16)7-5-13/h4-9,12,17H,3,10-11H2,1-2H3. The minimum absolute atomic E-state index is 0.446. The molecule has 1 unspecified atom stereocenters. The van der Waals surface area contributed by atoms with E-state index in [2.05, 4.69) is 70.5 Å². The van der Waals surface area contributed by atoms with Crippen LogP contribution in [0.2, 0.25) is 0 Å². The van der Waals surface area contributed by atoms with Crippen molar-refractivity contribution < 1.29 is 0 Å². The Labute approximate surface area is 123 Å². The number of rotatable bonds is 6. The quantitative estimate of drug-likeness (QED) is 0.883. The molecular formula is C15H20BrN3. The maximum Gasteiger partial charge on any atom is 0.0522 e. The molecule has 0 spiro atoms. The Balaban J connectivity index is 1.84. The molecule has 0 amide bonds. The third kappa shape index (κ3) is 4.18. The zero-order valence-corrected chi connectivity index (χ0v) is 13.0. The van der Waals surface area contributed by atoms with Crippen LogP contribution in [0.5, 0.6) is 0 Å². The van der Waals surface area contributed by atoms with Crippen molar-refractivity contribution in [3.63, 3.8) is 0 Å². The number of benzene rings is 1. The van der Waals surface area contributed by atoms with Crippen LogP contribution >= 0.6 is 15.9 Å². The van der Waals surface area contributed by atoms with Crippen molar-refractivity contribution in [3.05, 3.63) is 52.3 Å². The fourth-order valence-corrected chi connectivity index (χ4v) is 2.38. The summed E-state index contributed by atoms with van der Waals surface area (Å²) in [7, 11) is 0. The van der Waals surface area contributed by atoms with Gasteiger partial charge in [-0.2, -0.15) is 5.10 Å². The molecule has 0 fully saturated rings. The van der Waals surface area contributed by atoms with Crippen molar-refractivity contribution in [2.24, 2.45) is 0 Å². The lowest BCUT2D eigenvalue weighted by atomic mass is 10.1. The Morgan fingerprint density at radius 2 is 2.00 bits per heavy atom. The second-order valence-electron chi connectivity index (χ2n) is 4.75. The lowest BCUT2D eigenvalue weighted by Crippen LogP contribution is -2.28. The first-order valence-electron chi connectivity index (χ1n) is 6.67. The topological polar surface area (TPSA) is 29.9 Å². The van der Waals surface area contributed by atoms with Gasteiger partial charge >= 0.3 is 0 Å². The summed E-state index contributed by atoms with van der Waals surface area (Å²) in [6, 6.07) is 11.0. The van der Waals surface area contributed by atoms with E-state index < -0.39 is 0 Å². The van der Waals surface area contributed by atoms with E-state index in [1.165, 1.54) is 11.3 Å². The van der Waals surface area contributed by atoms with Gasteiger partial charge in [0, 0.05) is 29.8 Å². The van der Waals surface area contributed by atoms with E-state index in [9.17, 15) is 0 Å². The first-order valence-corrected chi connectivity index (χ1v) is 7.47. The van der Waals surface area contributed by atoms with Gasteiger partial charge in [0.2, 0.25) is 0 Å². The monoisotopic (exact) mass is 321 g/mol. The molecule has 2 aromatic rings. The highest BCUT2D eigenvalue weighted by molar-refractivity contribution is 9.10. The van der Waals surface area contributed by atoms with Crippen LogP contribution in [0.4, 0.5) is 0 Å². The molecule has 4 heteroatoms. The van der Waals surface area contributed by atoms with Gasteiger partial charge in [-0.15, -0.1) is 0 Å². The Hall–Kier alpha value is -1.13. The number of aromatic nitrogens is 2. The van der Waals surface area contributed by atoms with Crippen molar-refractivity contribution in [1.82, 2.24) is 15.1 Å². The van der Waals surface area contributed by atoms with E-state index >= 15 is 0 Å². The zero-order valence-electron chi connectivity index (χ0n) is 11.4. The predicted octanol–water partition coefficient (Wildman–Crippen LogP) is 3.39. The summed E-state index contributed by atoms with van der Waals surface area (Å²) in [5, 5.41) is 7.83. The molecule has 1 aromatic carbocycles. The van der Waals surface area contributed by atoms with E-state index in [1.54, 1.807) is 0 Å². The van der Waals surface area contributed by atoms with Crippen LogP contribution < -0.4 is 5.32 Å². The van der Waals surface area contributed by atoms with Crippen LogP contribution in [0, 0.1) is 0 Å². The molecule has 1 heterocycles. The number of hydrogen-bond donors (Lipinski definition) is 1. The van der Waals surface area contributed by atoms with E-state index in [1.807, 2.05) is 10.9 Å². The third-order valence-electron chi connectivity index (χ3n) is 3.19. The fraction of sp³-hybridized carbons (Fsp3) is 0.400. The van der Waals surface area contributed by atoms with Crippen LogP contribution in [0.1, 0.15) is 25.1 Å². The Bertz CT molecular complexity index is 504. The average Bonchev–Trinajstić information content (AvgIpc) is 2.86. The first-order chi connectivity index (χ1) is 9.19. The van der Waals surface area contributed by atoms with Gasteiger partial charge in [0.15, 0.2) is 0 Å². The summed E-state index contributed by atoms with van der Waals surface area (Å²) < 4.78 is 3.16. The molecule has 0 bridgehead atoms. The number of halogens is 1. The predicted molar refractivity (Wildman–Crippen MR) is 82.0 cm³/mol. The summed E-state index contributed by atoms with van der Waals surface area (Å²) in [5.41, 5.74) is 2.59. The highest BCUT2D eigenvalue weighted by Gasteiger charge is 2.05. The van der Waals surface area contributed by atoms with Gasteiger partial charge < -0.3 is 5.32 Å². The van der Waals surface area contributed by atoms with Gasteiger partial charge in [0.25, 0.3) is 0 Å². The molecule has 0 saturated heterocycles. The number of aryl methyl sites for hydroxylation is 1. The molecule has 0 aliphatic carbocycles. The molecule has 0 aliphatic rings. The van der Waals surface area contributed by atoms with Crippen molar-refractivity contribution in [2.45, 2.75) is 39.4 Å². The average molecular weight is 322 g/mol. The molecule has 2 rings (SSSR count). The van der Waals surface area contributed by atoms with Crippen molar-refractivity contribution in [3.8, 4) is 0 Å². The molecular weight excluding hydrogens is 302 g/mol. The van der Waals surface area contributed by atoms with E-state index in [-0.39, 0.29) is 0 Å². The van der Waals surface area contributed by atoms with Crippen LogP contribution in [-0.2, 0) is 19.5 Å². The van der Waals surface area contributed by atoms with Crippen LogP contribution in [0.25, 0.3) is 0 Å². The Kier molecular flexibility index (Phi) is 5.16. The molecule has 19 heavy (non-hydrogen) atoms. The molecule has 0 saturated carbocycles. The van der Waals surface area contributed by atoms with Gasteiger partial charge in [-0.25, -0.2) is 0 Å². The van der Waals surface area contributed by atoms with Crippen molar-refractivity contribution in [1.29, 1.82) is 0 Å². The Morgan fingerprint density at radius 1 is 1.26 bits per heavy atom. The highest BCUT2D eigenvalue weighted by Crippen LogP contribution is 2.12. The minimum Gasteiger partial charge on any atom is -0.308 e.